The Morgan fingerprint density at radius 1 is 1.25 bits per heavy atom. The third-order valence-corrected chi connectivity index (χ3v) is 4.36. The number of nitrogens with zero attached hydrogens (tertiary/aromatic N) is 2. The average molecular weight is 479 g/mol. The lowest BCUT2D eigenvalue weighted by molar-refractivity contribution is 0.788. The van der Waals surface area contributed by atoms with Crippen LogP contribution in [0.2, 0.25) is 5.02 Å². The lowest BCUT2D eigenvalue weighted by Crippen LogP contribution is -2.36. The van der Waals surface area contributed by atoms with E-state index in [9.17, 15) is 0 Å². The fourth-order valence-electron chi connectivity index (χ4n) is 1.93. The number of aliphatic imine (C=N–C) groups is 1. The fraction of sp³-hybridized carbons (Fsp3) is 0.412. The van der Waals surface area contributed by atoms with E-state index in [1.165, 1.54) is 0 Å². The second-order valence-corrected chi connectivity index (χ2v) is 6.88. The third kappa shape index (κ3) is 6.94. The van der Waals surface area contributed by atoms with Gasteiger partial charge in [0.05, 0.1) is 18.8 Å². The summed E-state index contributed by atoms with van der Waals surface area (Å²) in [6.07, 6.45) is 0. The van der Waals surface area contributed by atoms with Crippen molar-refractivity contribution in [2.24, 2.45) is 4.99 Å². The Bertz CT molecular complexity index is 640. The van der Waals surface area contributed by atoms with E-state index in [0.717, 1.165) is 33.8 Å². The van der Waals surface area contributed by atoms with Crippen LogP contribution in [0, 0.1) is 0 Å². The maximum Gasteiger partial charge on any atom is 0.191 e. The van der Waals surface area contributed by atoms with Crippen molar-refractivity contribution in [3.63, 3.8) is 0 Å². The smallest absolute Gasteiger partial charge is 0.191 e. The van der Waals surface area contributed by atoms with Crippen molar-refractivity contribution >= 4 is 52.9 Å². The minimum atomic E-state index is 0. The monoisotopic (exact) mass is 478 g/mol. The second kappa shape index (κ2) is 10.9. The highest BCUT2D eigenvalue weighted by Gasteiger charge is 2.06. The Labute approximate surface area is 170 Å². The van der Waals surface area contributed by atoms with Gasteiger partial charge < -0.3 is 10.6 Å². The molecule has 2 N–H and O–H groups in total. The van der Waals surface area contributed by atoms with Gasteiger partial charge in [0.15, 0.2) is 5.96 Å². The van der Waals surface area contributed by atoms with Gasteiger partial charge in [0.2, 0.25) is 0 Å². The van der Waals surface area contributed by atoms with Gasteiger partial charge in [0.25, 0.3) is 0 Å². The number of rotatable bonds is 6. The molecule has 0 aliphatic carbocycles. The molecule has 1 aromatic carbocycles. The Morgan fingerprint density at radius 3 is 2.54 bits per heavy atom. The first-order chi connectivity index (χ1) is 11.1. The Hall–Kier alpha value is -0.860. The van der Waals surface area contributed by atoms with Crippen LogP contribution in [0.1, 0.15) is 43.0 Å². The largest absolute Gasteiger partial charge is 0.357 e. The van der Waals surface area contributed by atoms with Crippen LogP contribution in [0.3, 0.4) is 0 Å². The normalized spacial score (nSPS) is 11.3. The highest BCUT2D eigenvalue weighted by Crippen LogP contribution is 2.17. The number of benzene rings is 1. The molecule has 7 heteroatoms. The first-order valence-corrected chi connectivity index (χ1v) is 9.05. The van der Waals surface area contributed by atoms with Crippen LogP contribution in [0.25, 0.3) is 0 Å². The quantitative estimate of drug-likeness (QED) is 0.356. The zero-order valence-corrected chi connectivity index (χ0v) is 18.1. The van der Waals surface area contributed by atoms with Crippen molar-refractivity contribution in [2.75, 3.05) is 6.54 Å². The van der Waals surface area contributed by atoms with Gasteiger partial charge in [-0.05, 0) is 30.5 Å². The summed E-state index contributed by atoms with van der Waals surface area (Å²) >= 11 is 7.58. The number of guanidine groups is 1. The molecule has 0 fully saturated rings. The van der Waals surface area contributed by atoms with Crippen LogP contribution in [0.15, 0.2) is 34.6 Å². The van der Waals surface area contributed by atoms with Crippen LogP contribution in [0.4, 0.5) is 0 Å². The Balaban J connectivity index is 0.00000288. The van der Waals surface area contributed by atoms with Crippen molar-refractivity contribution in [2.45, 2.75) is 39.8 Å². The van der Waals surface area contributed by atoms with Crippen molar-refractivity contribution in [1.29, 1.82) is 0 Å². The van der Waals surface area contributed by atoms with Crippen molar-refractivity contribution < 1.29 is 0 Å². The number of halogens is 2. The molecule has 0 saturated carbocycles. The molecule has 0 atom stereocenters. The topological polar surface area (TPSA) is 49.3 Å². The molecule has 2 rings (SSSR count). The third-order valence-electron chi connectivity index (χ3n) is 3.25. The van der Waals surface area contributed by atoms with Gasteiger partial charge in [-0.1, -0.05) is 37.6 Å². The van der Waals surface area contributed by atoms with E-state index in [0.29, 0.717) is 19.0 Å². The van der Waals surface area contributed by atoms with Gasteiger partial charge in [0, 0.05) is 16.9 Å². The van der Waals surface area contributed by atoms with Gasteiger partial charge in [-0.2, -0.15) is 0 Å². The van der Waals surface area contributed by atoms with Gasteiger partial charge in [-0.15, -0.1) is 35.3 Å². The first kappa shape index (κ1) is 21.2. The number of nitrogens with one attached hydrogen (secondary N) is 2. The summed E-state index contributed by atoms with van der Waals surface area (Å²) in [6.45, 7) is 8.49. The molecule has 0 amide bonds. The summed E-state index contributed by atoms with van der Waals surface area (Å²) in [5.41, 5.74) is 2.28. The van der Waals surface area contributed by atoms with E-state index < -0.39 is 0 Å². The molecule has 2 aromatic rings. The summed E-state index contributed by atoms with van der Waals surface area (Å²) in [5, 5.41) is 10.5. The molecule has 0 saturated heterocycles. The van der Waals surface area contributed by atoms with E-state index in [1.807, 2.05) is 24.3 Å². The molecule has 0 spiro atoms. The van der Waals surface area contributed by atoms with Crippen molar-refractivity contribution in [3.05, 3.63) is 50.9 Å². The van der Waals surface area contributed by atoms with Crippen LogP contribution >= 0.6 is 46.9 Å². The van der Waals surface area contributed by atoms with Crippen molar-refractivity contribution in [1.82, 2.24) is 15.6 Å². The molecule has 24 heavy (non-hydrogen) atoms. The van der Waals surface area contributed by atoms with Gasteiger partial charge in [0.1, 0.15) is 5.01 Å². The standard InChI is InChI=1S/C17H23ClN4S.HI/c1-4-19-17(20-9-13-5-7-14(18)8-6-13)21-10-16-22-15(11-23-16)12(2)3;/h5-8,11-12H,4,9-10H2,1-3H3,(H2,19,20,21);1H. The van der Waals surface area contributed by atoms with Gasteiger partial charge in [-0.3, -0.25) is 0 Å². The minimum absolute atomic E-state index is 0. The van der Waals surface area contributed by atoms with E-state index in [-0.39, 0.29) is 24.0 Å². The Kier molecular flexibility index (Phi) is 9.61. The number of thiazole rings is 1. The van der Waals surface area contributed by atoms with Crippen molar-refractivity contribution in [3.8, 4) is 0 Å². The fourth-order valence-corrected chi connectivity index (χ4v) is 2.95. The predicted octanol–water partition coefficient (Wildman–Crippen LogP) is 4.79. The van der Waals surface area contributed by atoms with Gasteiger partial charge in [-0.25, -0.2) is 9.98 Å². The summed E-state index contributed by atoms with van der Waals surface area (Å²) in [7, 11) is 0. The molecule has 0 aliphatic rings. The summed E-state index contributed by atoms with van der Waals surface area (Å²) < 4.78 is 0. The predicted molar refractivity (Wildman–Crippen MR) is 115 cm³/mol. The lowest BCUT2D eigenvalue weighted by Gasteiger charge is -2.10. The lowest BCUT2D eigenvalue weighted by atomic mass is 10.2. The Morgan fingerprint density at radius 2 is 1.96 bits per heavy atom. The molecular weight excluding hydrogens is 455 g/mol. The summed E-state index contributed by atoms with van der Waals surface area (Å²) in [4.78, 5) is 9.23. The average Bonchev–Trinajstić information content (AvgIpc) is 3.01. The maximum absolute atomic E-state index is 5.90. The summed E-state index contributed by atoms with van der Waals surface area (Å²) in [5.74, 6) is 1.26. The molecule has 1 heterocycles. The second-order valence-electron chi connectivity index (χ2n) is 5.50. The molecular formula is C17H24ClIN4S. The molecule has 0 aliphatic heterocycles. The summed E-state index contributed by atoms with van der Waals surface area (Å²) in [6, 6.07) is 7.75. The van der Waals surface area contributed by atoms with Crippen LogP contribution < -0.4 is 10.6 Å². The molecule has 4 nitrogen and oxygen atoms in total. The minimum Gasteiger partial charge on any atom is -0.357 e. The maximum atomic E-state index is 5.90. The number of hydrogen-bond acceptors (Lipinski definition) is 3. The van der Waals surface area contributed by atoms with E-state index in [2.05, 4.69) is 46.8 Å². The molecule has 132 valence electrons. The number of aromatic nitrogens is 1. The molecule has 0 bridgehead atoms. The SMILES string of the molecule is CCNC(=NCc1ccc(Cl)cc1)NCc1nc(C(C)C)cs1.I. The number of hydrogen-bond donors (Lipinski definition) is 2. The molecule has 0 unspecified atom stereocenters. The van der Waals surface area contributed by atoms with E-state index in [1.54, 1.807) is 11.3 Å². The molecule has 1 aromatic heterocycles. The van der Waals surface area contributed by atoms with Crippen LogP contribution in [-0.2, 0) is 13.1 Å². The highest BCUT2D eigenvalue weighted by atomic mass is 127. The first-order valence-electron chi connectivity index (χ1n) is 7.79. The van der Waals surface area contributed by atoms with Gasteiger partial charge >= 0.3 is 0 Å². The van der Waals surface area contributed by atoms with E-state index in [4.69, 9.17) is 11.6 Å². The zero-order valence-electron chi connectivity index (χ0n) is 14.2. The van der Waals surface area contributed by atoms with E-state index >= 15 is 0 Å². The zero-order chi connectivity index (χ0) is 16.7. The van der Waals surface area contributed by atoms with Crippen LogP contribution in [-0.4, -0.2) is 17.5 Å². The highest BCUT2D eigenvalue weighted by molar-refractivity contribution is 14.0. The van der Waals surface area contributed by atoms with Crippen LogP contribution in [0.5, 0.6) is 0 Å². The molecule has 0 radical (unpaired) electrons.